The molecular formula is C31H38N4O6. The summed E-state index contributed by atoms with van der Waals surface area (Å²) < 4.78 is 5.27. The largest absolute Gasteiger partial charge is 0.464 e. The van der Waals surface area contributed by atoms with Crippen molar-refractivity contribution in [1.29, 1.82) is 0 Å². The van der Waals surface area contributed by atoms with E-state index in [1.165, 1.54) is 0 Å². The summed E-state index contributed by atoms with van der Waals surface area (Å²) in [5.41, 5.74) is 5.37. The topological polar surface area (TPSA) is 141 Å². The molecule has 0 fully saturated rings. The maximum absolute atomic E-state index is 13.8. The highest BCUT2D eigenvalue weighted by atomic mass is 16.5. The lowest BCUT2D eigenvalue weighted by molar-refractivity contribution is -0.149. The Morgan fingerprint density at radius 3 is 2.44 bits per heavy atom. The number of esters is 1. The number of carbonyl (C=O) groups excluding carboxylic acids is 4. The molecule has 1 aliphatic heterocycles. The minimum atomic E-state index is -0.887. The highest BCUT2D eigenvalue weighted by Crippen LogP contribution is 2.31. The highest BCUT2D eigenvalue weighted by Gasteiger charge is 2.37. The molecule has 1 aliphatic rings. The number of carbonyl (C=O) groups is 4. The van der Waals surface area contributed by atoms with Crippen LogP contribution in [-0.4, -0.2) is 57.5 Å². The normalized spacial score (nSPS) is 15.2. The molecule has 0 radical (unpaired) electrons. The third-order valence-electron chi connectivity index (χ3n) is 7.47. The predicted molar refractivity (Wildman–Crippen MR) is 153 cm³/mol. The monoisotopic (exact) mass is 562 g/mol. The van der Waals surface area contributed by atoms with Gasteiger partial charge in [0.15, 0.2) is 0 Å². The number of hydrogen-bond acceptors (Lipinski definition) is 6. The summed E-state index contributed by atoms with van der Waals surface area (Å²) in [5, 5.41) is 12.5. The second-order valence-electron chi connectivity index (χ2n) is 10.3. The van der Waals surface area contributed by atoms with E-state index in [2.05, 4.69) is 10.3 Å². The Labute approximate surface area is 239 Å². The Kier molecular flexibility index (Phi) is 10.5. The number of unbranched alkanes of at least 4 members (excludes halogenated alkanes) is 3. The van der Waals surface area contributed by atoms with Crippen molar-refractivity contribution in [1.82, 2.24) is 20.7 Å². The van der Waals surface area contributed by atoms with Crippen molar-refractivity contribution >= 4 is 34.6 Å². The van der Waals surface area contributed by atoms with Gasteiger partial charge in [-0.05, 0) is 37.0 Å². The fourth-order valence-corrected chi connectivity index (χ4v) is 5.37. The molecule has 10 heteroatoms. The van der Waals surface area contributed by atoms with Gasteiger partial charge in [-0.15, -0.1) is 0 Å². The van der Waals surface area contributed by atoms with E-state index >= 15 is 0 Å². The number of fused-ring (bicyclic) bond motifs is 3. The molecular weight excluding hydrogens is 524 g/mol. The molecule has 0 aliphatic carbocycles. The molecule has 2 heterocycles. The minimum absolute atomic E-state index is 0.140. The molecule has 0 spiro atoms. The number of ether oxygens (including phenoxy) is 1. The Morgan fingerprint density at radius 2 is 1.71 bits per heavy atom. The van der Waals surface area contributed by atoms with Gasteiger partial charge in [0.05, 0.1) is 13.2 Å². The molecule has 0 unspecified atom stereocenters. The Balaban J connectivity index is 1.50. The van der Waals surface area contributed by atoms with Crippen LogP contribution in [-0.2, 0) is 43.3 Å². The number of H-pyrrole nitrogens is 1. The summed E-state index contributed by atoms with van der Waals surface area (Å²) in [7, 11) is 0. The molecule has 2 aromatic carbocycles. The summed E-state index contributed by atoms with van der Waals surface area (Å²) in [6.45, 7) is 2.18. The summed E-state index contributed by atoms with van der Waals surface area (Å²) in [6, 6.07) is 15.6. The lowest BCUT2D eigenvalue weighted by Gasteiger charge is -2.35. The fourth-order valence-electron chi connectivity index (χ4n) is 5.37. The van der Waals surface area contributed by atoms with Crippen LogP contribution in [0.5, 0.6) is 0 Å². The third kappa shape index (κ3) is 7.73. The van der Waals surface area contributed by atoms with E-state index < -0.39 is 29.9 Å². The van der Waals surface area contributed by atoms with Gasteiger partial charge in [0.25, 0.3) is 0 Å². The van der Waals surface area contributed by atoms with Crippen molar-refractivity contribution in [2.45, 2.75) is 76.9 Å². The minimum Gasteiger partial charge on any atom is -0.464 e. The van der Waals surface area contributed by atoms with Crippen LogP contribution in [0, 0.1) is 0 Å². The van der Waals surface area contributed by atoms with E-state index in [4.69, 9.17) is 9.94 Å². The van der Waals surface area contributed by atoms with E-state index in [0.29, 0.717) is 19.3 Å². The van der Waals surface area contributed by atoms with E-state index in [1.807, 2.05) is 54.6 Å². The molecule has 2 atom stereocenters. The van der Waals surface area contributed by atoms with Crippen LogP contribution < -0.4 is 10.8 Å². The van der Waals surface area contributed by atoms with Crippen molar-refractivity contribution in [2.24, 2.45) is 0 Å². The number of aromatic nitrogens is 1. The number of benzene rings is 2. The van der Waals surface area contributed by atoms with Crippen LogP contribution in [0.1, 0.15) is 62.3 Å². The zero-order valence-electron chi connectivity index (χ0n) is 23.4. The van der Waals surface area contributed by atoms with Gasteiger partial charge in [-0.2, -0.15) is 0 Å². The lowest BCUT2D eigenvalue weighted by atomic mass is 9.94. The molecule has 41 heavy (non-hydrogen) atoms. The highest BCUT2D eigenvalue weighted by molar-refractivity contribution is 5.93. The van der Waals surface area contributed by atoms with Crippen molar-refractivity contribution in [2.75, 3.05) is 6.61 Å². The molecule has 218 valence electrons. The second kappa shape index (κ2) is 14.5. The van der Waals surface area contributed by atoms with Crippen molar-refractivity contribution in [3.05, 3.63) is 71.4 Å². The number of nitrogens with one attached hydrogen (secondary N) is 3. The number of para-hydroxylation sites is 1. The SMILES string of the molecule is CCOC(=O)[C@H](Cc1ccccc1)NC(=O)[C@@H]1Cc2c([nH]c3ccccc23)CN1C(=O)CCCCCCC(=O)NO. The summed E-state index contributed by atoms with van der Waals surface area (Å²) in [5.74, 6) is -1.47. The van der Waals surface area contributed by atoms with Crippen LogP contribution >= 0.6 is 0 Å². The van der Waals surface area contributed by atoms with Crippen molar-refractivity contribution < 1.29 is 29.1 Å². The first-order chi connectivity index (χ1) is 19.9. The molecule has 0 bridgehead atoms. The molecule has 3 aromatic rings. The van der Waals surface area contributed by atoms with Crippen LogP contribution in [0.3, 0.4) is 0 Å². The standard InChI is InChI=1S/C31H38N4O6/c1-2-41-31(39)25(18-21-12-6-5-7-13-21)33-30(38)27-19-23-22-14-10-11-15-24(22)32-26(23)20-35(27)29(37)17-9-4-3-8-16-28(36)34-40/h5-7,10-15,25,27,32,40H,2-4,8-9,16-20H2,1H3,(H,33,38)(H,34,36)/t25-,27-/m0/s1. The van der Waals surface area contributed by atoms with Gasteiger partial charge in [-0.3, -0.25) is 19.6 Å². The number of hydrogen-bond donors (Lipinski definition) is 4. The maximum atomic E-state index is 13.8. The predicted octanol–water partition coefficient (Wildman–Crippen LogP) is 3.56. The Hall–Kier alpha value is -4.18. The van der Waals surface area contributed by atoms with Gasteiger partial charge in [0.2, 0.25) is 17.7 Å². The number of amides is 3. The van der Waals surface area contributed by atoms with Crippen molar-refractivity contribution in [3.8, 4) is 0 Å². The average Bonchev–Trinajstić information content (AvgIpc) is 3.35. The number of rotatable bonds is 13. The average molecular weight is 563 g/mol. The molecule has 3 amide bonds. The first kappa shape index (κ1) is 29.8. The molecule has 1 aromatic heterocycles. The smallest absolute Gasteiger partial charge is 0.328 e. The number of nitrogens with zero attached hydrogens (tertiary/aromatic N) is 1. The van der Waals surface area contributed by atoms with Crippen LogP contribution in [0.2, 0.25) is 0 Å². The second-order valence-corrected chi connectivity index (χ2v) is 10.3. The first-order valence-corrected chi connectivity index (χ1v) is 14.2. The number of aromatic amines is 1. The molecule has 0 saturated carbocycles. The van der Waals surface area contributed by atoms with E-state index in [1.54, 1.807) is 17.3 Å². The van der Waals surface area contributed by atoms with Crippen LogP contribution in [0.25, 0.3) is 10.9 Å². The quantitative estimate of drug-likeness (QED) is 0.109. The summed E-state index contributed by atoms with van der Waals surface area (Å²) in [4.78, 5) is 56.3. The summed E-state index contributed by atoms with van der Waals surface area (Å²) in [6.07, 6.45) is 3.82. The summed E-state index contributed by atoms with van der Waals surface area (Å²) >= 11 is 0. The van der Waals surface area contributed by atoms with Gasteiger partial charge in [0, 0.05) is 42.3 Å². The third-order valence-corrected chi connectivity index (χ3v) is 7.47. The van der Waals surface area contributed by atoms with Crippen molar-refractivity contribution in [3.63, 3.8) is 0 Å². The first-order valence-electron chi connectivity index (χ1n) is 14.2. The van der Waals surface area contributed by atoms with E-state index in [-0.39, 0.29) is 38.3 Å². The van der Waals surface area contributed by atoms with Crippen LogP contribution in [0.4, 0.5) is 0 Å². The van der Waals surface area contributed by atoms with Gasteiger partial charge < -0.3 is 19.9 Å². The lowest BCUT2D eigenvalue weighted by Crippen LogP contribution is -2.56. The number of hydroxylamine groups is 1. The Bertz CT molecular complexity index is 1360. The van der Waals surface area contributed by atoms with E-state index in [0.717, 1.165) is 40.6 Å². The molecule has 4 N–H and O–H groups in total. The van der Waals surface area contributed by atoms with Gasteiger partial charge in [0.1, 0.15) is 12.1 Å². The van der Waals surface area contributed by atoms with Gasteiger partial charge in [-0.25, -0.2) is 10.3 Å². The molecule has 4 rings (SSSR count). The van der Waals surface area contributed by atoms with Gasteiger partial charge in [-0.1, -0.05) is 61.4 Å². The van der Waals surface area contributed by atoms with Gasteiger partial charge >= 0.3 is 5.97 Å². The molecule has 10 nitrogen and oxygen atoms in total. The van der Waals surface area contributed by atoms with Crippen LogP contribution in [0.15, 0.2) is 54.6 Å². The fraction of sp³-hybridized carbons (Fsp3) is 0.419. The zero-order valence-corrected chi connectivity index (χ0v) is 23.4. The zero-order chi connectivity index (χ0) is 29.2. The molecule has 0 saturated heterocycles. The maximum Gasteiger partial charge on any atom is 0.328 e. The Morgan fingerprint density at radius 1 is 1.00 bits per heavy atom. The van der Waals surface area contributed by atoms with E-state index in [9.17, 15) is 19.2 Å².